The number of anilines is 1. The summed E-state index contributed by atoms with van der Waals surface area (Å²) in [6.45, 7) is 7.44. The number of ether oxygens (including phenoxy) is 2. The van der Waals surface area contributed by atoms with Gasteiger partial charge in [0.1, 0.15) is 6.04 Å². The Morgan fingerprint density at radius 2 is 2.03 bits per heavy atom. The van der Waals surface area contributed by atoms with Gasteiger partial charge in [-0.15, -0.1) is 5.10 Å². The van der Waals surface area contributed by atoms with Crippen LogP contribution in [0.25, 0.3) is 0 Å². The highest BCUT2D eigenvalue weighted by atomic mass is 32.2. The molecular weight excluding hydrogens is 424 g/mol. The molecular formula is C24H32N4O3S. The molecule has 0 spiro atoms. The number of rotatable bonds is 10. The first-order chi connectivity index (χ1) is 15.7. The minimum absolute atomic E-state index is 0.175. The van der Waals surface area contributed by atoms with E-state index in [1.54, 1.807) is 11.8 Å². The number of Topliss-reactive ketones (excluding diaryl/α,β-unsaturated/α-hetero) is 1. The number of hydrogen-bond donors (Lipinski definition) is 1. The van der Waals surface area contributed by atoms with Gasteiger partial charge in [0.2, 0.25) is 11.1 Å². The Bertz CT molecular complexity index is 1000. The lowest BCUT2D eigenvalue weighted by Gasteiger charge is -2.32. The van der Waals surface area contributed by atoms with Gasteiger partial charge in [0.15, 0.2) is 17.3 Å². The number of nitrogens with zero attached hydrogens (tertiary/aromatic N) is 3. The molecule has 1 atom stereocenters. The summed E-state index contributed by atoms with van der Waals surface area (Å²) in [5.41, 5.74) is 2.72. The van der Waals surface area contributed by atoms with E-state index in [0.717, 1.165) is 65.6 Å². The van der Waals surface area contributed by atoms with E-state index >= 15 is 0 Å². The van der Waals surface area contributed by atoms with Crippen LogP contribution in [-0.2, 0) is 4.79 Å². The standard InChI is InChI=1S/C24H32N4O3S/c1-4-7-13-31-19-12-11-16(15-20(19)30-6-3)22-21-17(9-8-10-18(21)29)25-23-26-24(27-28(22)23)32-14-5-2/h11-12,15,22H,4-10,13-14H2,1-3H3,(H,25,26,27). The fraction of sp³-hybridized carbons (Fsp3) is 0.542. The fourth-order valence-corrected chi connectivity index (χ4v) is 4.79. The van der Waals surface area contributed by atoms with Crippen LogP contribution in [-0.4, -0.2) is 39.5 Å². The van der Waals surface area contributed by atoms with Gasteiger partial charge in [-0.3, -0.25) is 4.79 Å². The van der Waals surface area contributed by atoms with Crippen molar-refractivity contribution in [3.05, 3.63) is 35.0 Å². The summed E-state index contributed by atoms with van der Waals surface area (Å²) in [6, 6.07) is 5.66. The van der Waals surface area contributed by atoms with Crippen molar-refractivity contribution in [1.29, 1.82) is 0 Å². The third kappa shape index (κ3) is 4.65. The molecule has 0 bridgehead atoms. The molecule has 7 nitrogen and oxygen atoms in total. The summed E-state index contributed by atoms with van der Waals surface area (Å²) in [7, 11) is 0. The van der Waals surface area contributed by atoms with Gasteiger partial charge in [0, 0.05) is 23.4 Å². The van der Waals surface area contributed by atoms with Crippen molar-refractivity contribution in [3.63, 3.8) is 0 Å². The Hall–Kier alpha value is -2.48. The van der Waals surface area contributed by atoms with E-state index in [1.807, 2.05) is 29.8 Å². The van der Waals surface area contributed by atoms with Gasteiger partial charge in [-0.1, -0.05) is 38.1 Å². The van der Waals surface area contributed by atoms with Crippen molar-refractivity contribution in [2.24, 2.45) is 0 Å². The van der Waals surface area contributed by atoms with Crippen molar-refractivity contribution >= 4 is 23.5 Å². The molecule has 0 amide bonds. The molecule has 1 aliphatic carbocycles. The van der Waals surface area contributed by atoms with Gasteiger partial charge in [0.25, 0.3) is 0 Å². The molecule has 4 rings (SSSR count). The summed E-state index contributed by atoms with van der Waals surface area (Å²) < 4.78 is 13.7. The molecule has 2 heterocycles. The first kappa shape index (κ1) is 22.7. The maximum absolute atomic E-state index is 13.0. The molecule has 0 fully saturated rings. The van der Waals surface area contributed by atoms with Gasteiger partial charge in [-0.2, -0.15) is 4.98 Å². The molecule has 2 aliphatic rings. The Kier molecular flexibility index (Phi) is 7.40. The molecule has 2 aromatic rings. The lowest BCUT2D eigenvalue weighted by Crippen LogP contribution is -2.31. The third-order valence-electron chi connectivity index (χ3n) is 5.62. The average molecular weight is 457 g/mol. The number of fused-ring (bicyclic) bond motifs is 1. The number of nitrogens with one attached hydrogen (secondary N) is 1. The minimum atomic E-state index is -0.318. The van der Waals surface area contributed by atoms with E-state index in [9.17, 15) is 4.79 Å². The van der Waals surface area contributed by atoms with E-state index in [1.165, 1.54) is 0 Å². The molecule has 0 radical (unpaired) electrons. The molecule has 1 aromatic carbocycles. The zero-order valence-electron chi connectivity index (χ0n) is 19.1. The largest absolute Gasteiger partial charge is 0.490 e. The van der Waals surface area contributed by atoms with E-state index in [-0.39, 0.29) is 11.8 Å². The zero-order valence-corrected chi connectivity index (χ0v) is 20.0. The van der Waals surface area contributed by atoms with Crippen LogP contribution in [0.2, 0.25) is 0 Å². The van der Waals surface area contributed by atoms with Crippen molar-refractivity contribution < 1.29 is 14.3 Å². The van der Waals surface area contributed by atoms with Gasteiger partial charge in [-0.25, -0.2) is 4.68 Å². The van der Waals surface area contributed by atoms with Crippen LogP contribution in [0, 0.1) is 0 Å². The first-order valence-corrected chi connectivity index (χ1v) is 12.7. The van der Waals surface area contributed by atoms with E-state index in [4.69, 9.17) is 19.6 Å². The predicted octanol–water partition coefficient (Wildman–Crippen LogP) is 5.38. The number of unbranched alkanes of at least 4 members (excludes halogenated alkanes) is 1. The maximum atomic E-state index is 13.0. The van der Waals surface area contributed by atoms with Gasteiger partial charge in [0.05, 0.1) is 13.2 Å². The monoisotopic (exact) mass is 456 g/mol. The molecule has 0 saturated heterocycles. The molecule has 32 heavy (non-hydrogen) atoms. The Morgan fingerprint density at radius 1 is 1.16 bits per heavy atom. The second-order valence-corrected chi connectivity index (χ2v) is 9.11. The van der Waals surface area contributed by atoms with Crippen LogP contribution in [0.4, 0.5) is 5.95 Å². The third-order valence-corrected chi connectivity index (χ3v) is 6.67. The quantitative estimate of drug-likeness (QED) is 0.380. The highest BCUT2D eigenvalue weighted by Gasteiger charge is 2.37. The zero-order chi connectivity index (χ0) is 22.5. The molecule has 1 unspecified atom stereocenters. The summed E-state index contributed by atoms with van der Waals surface area (Å²) in [4.78, 5) is 17.7. The summed E-state index contributed by atoms with van der Waals surface area (Å²) >= 11 is 1.64. The SMILES string of the molecule is CCCCOc1ccc(C2C3=C(CCCC3=O)Nc3nc(SCCC)nn32)cc1OCC. The van der Waals surface area contributed by atoms with Crippen LogP contribution < -0.4 is 14.8 Å². The van der Waals surface area contributed by atoms with Crippen LogP contribution in [0.3, 0.4) is 0 Å². The lowest BCUT2D eigenvalue weighted by molar-refractivity contribution is -0.116. The second kappa shape index (κ2) is 10.4. The van der Waals surface area contributed by atoms with Crippen LogP contribution in [0.15, 0.2) is 34.6 Å². The number of thioether (sulfide) groups is 1. The molecule has 1 N–H and O–H groups in total. The Balaban J connectivity index is 1.75. The number of ketones is 1. The smallest absolute Gasteiger partial charge is 0.227 e. The number of aromatic nitrogens is 3. The minimum Gasteiger partial charge on any atom is -0.490 e. The van der Waals surface area contributed by atoms with E-state index < -0.39 is 0 Å². The highest BCUT2D eigenvalue weighted by molar-refractivity contribution is 7.99. The van der Waals surface area contributed by atoms with Crippen LogP contribution in [0.1, 0.15) is 70.9 Å². The van der Waals surface area contributed by atoms with E-state index in [0.29, 0.717) is 31.3 Å². The number of allylic oxidation sites excluding steroid dienone is 2. The molecule has 1 aromatic heterocycles. The molecule has 1 aliphatic heterocycles. The molecule has 8 heteroatoms. The normalized spacial score (nSPS) is 17.6. The first-order valence-electron chi connectivity index (χ1n) is 11.7. The molecule has 0 saturated carbocycles. The lowest BCUT2D eigenvalue weighted by atomic mass is 9.85. The van der Waals surface area contributed by atoms with E-state index in [2.05, 4.69) is 19.2 Å². The van der Waals surface area contributed by atoms with Gasteiger partial charge < -0.3 is 14.8 Å². The summed E-state index contributed by atoms with van der Waals surface area (Å²) in [5.74, 6) is 3.27. The van der Waals surface area contributed by atoms with Crippen molar-refractivity contribution in [2.45, 2.75) is 70.5 Å². The average Bonchev–Trinajstić information content (AvgIpc) is 3.20. The van der Waals surface area contributed by atoms with Gasteiger partial charge >= 0.3 is 0 Å². The van der Waals surface area contributed by atoms with Crippen molar-refractivity contribution in [1.82, 2.24) is 14.8 Å². The van der Waals surface area contributed by atoms with Crippen molar-refractivity contribution in [3.8, 4) is 11.5 Å². The topological polar surface area (TPSA) is 78.3 Å². The number of benzene rings is 1. The summed E-state index contributed by atoms with van der Waals surface area (Å²) in [6.07, 6.45) is 5.39. The summed E-state index contributed by atoms with van der Waals surface area (Å²) in [5, 5.41) is 8.90. The van der Waals surface area contributed by atoms with Crippen LogP contribution in [0.5, 0.6) is 11.5 Å². The second-order valence-electron chi connectivity index (χ2n) is 8.05. The number of carbonyl (C=O) groups is 1. The van der Waals surface area contributed by atoms with Gasteiger partial charge in [-0.05, 0) is 50.3 Å². The Labute approximate surface area is 194 Å². The highest BCUT2D eigenvalue weighted by Crippen LogP contribution is 2.42. The van der Waals surface area contributed by atoms with Crippen LogP contribution >= 0.6 is 11.8 Å². The Morgan fingerprint density at radius 3 is 2.81 bits per heavy atom. The number of carbonyl (C=O) groups excluding carboxylic acids is 1. The fourth-order valence-electron chi connectivity index (χ4n) is 4.11. The van der Waals surface area contributed by atoms with Crippen molar-refractivity contribution in [2.75, 3.05) is 24.3 Å². The number of hydrogen-bond acceptors (Lipinski definition) is 7. The predicted molar refractivity (Wildman–Crippen MR) is 127 cm³/mol. The molecule has 172 valence electrons. The maximum Gasteiger partial charge on any atom is 0.227 e.